The van der Waals surface area contributed by atoms with E-state index in [2.05, 4.69) is 27.1 Å². The van der Waals surface area contributed by atoms with Crippen LogP contribution in [0.5, 0.6) is 5.88 Å². The molecule has 1 aliphatic rings. The van der Waals surface area contributed by atoms with Crippen LogP contribution in [0.4, 0.5) is 4.39 Å². The van der Waals surface area contributed by atoms with E-state index in [1.807, 2.05) is 29.2 Å². The first kappa shape index (κ1) is 19.0. The van der Waals surface area contributed by atoms with Gasteiger partial charge >= 0.3 is 0 Å². The lowest BCUT2D eigenvalue weighted by Gasteiger charge is -2.38. The van der Waals surface area contributed by atoms with Gasteiger partial charge in [-0.05, 0) is 31.9 Å². The fraction of sp³-hybridized carbons (Fsp3) is 0.333. The Hall–Kier alpha value is -3.29. The summed E-state index contributed by atoms with van der Waals surface area (Å²) in [6, 6.07) is 10.4. The molecule has 2 aromatic heterocycles. The summed E-state index contributed by atoms with van der Waals surface area (Å²) in [7, 11) is 0. The number of piperidine rings is 1. The minimum Gasteiger partial charge on any atom is -0.477 e. The summed E-state index contributed by atoms with van der Waals surface area (Å²) < 4.78 is 18.7. The van der Waals surface area contributed by atoms with Crippen LogP contribution in [0.3, 0.4) is 0 Å². The van der Waals surface area contributed by atoms with E-state index >= 15 is 0 Å². The number of likely N-dealkylation sites (tertiary alicyclic amines) is 1. The molecule has 3 heterocycles. The van der Waals surface area contributed by atoms with Gasteiger partial charge in [-0.2, -0.15) is 5.10 Å². The fourth-order valence-corrected chi connectivity index (χ4v) is 3.62. The Morgan fingerprint density at radius 1 is 1.24 bits per heavy atom. The lowest BCUT2D eigenvalue weighted by atomic mass is 9.92. The quantitative estimate of drug-likeness (QED) is 0.716. The number of nitrogens with one attached hydrogen (secondary N) is 1. The van der Waals surface area contributed by atoms with Crippen LogP contribution >= 0.6 is 0 Å². The van der Waals surface area contributed by atoms with Crippen molar-refractivity contribution in [1.82, 2.24) is 25.1 Å². The third-order valence-corrected chi connectivity index (χ3v) is 5.24. The van der Waals surface area contributed by atoms with Crippen molar-refractivity contribution in [3.8, 4) is 17.3 Å². The summed E-state index contributed by atoms with van der Waals surface area (Å²) in [4.78, 5) is 23.4. The fourth-order valence-electron chi connectivity index (χ4n) is 3.62. The molecule has 150 valence electrons. The lowest BCUT2D eigenvalue weighted by Crippen LogP contribution is -2.47. The molecule has 1 aromatic carbocycles. The Morgan fingerprint density at radius 3 is 2.86 bits per heavy atom. The van der Waals surface area contributed by atoms with Crippen molar-refractivity contribution in [1.29, 1.82) is 0 Å². The molecule has 1 N–H and O–H groups in total. The molecule has 29 heavy (non-hydrogen) atoms. The van der Waals surface area contributed by atoms with Crippen molar-refractivity contribution in [2.75, 3.05) is 13.2 Å². The Kier molecular flexibility index (Phi) is 5.50. The second kappa shape index (κ2) is 8.38. The largest absolute Gasteiger partial charge is 0.477 e. The number of pyridine rings is 1. The topological polar surface area (TPSA) is 84.0 Å². The molecular weight excluding hydrogens is 373 g/mol. The van der Waals surface area contributed by atoms with Crippen LogP contribution in [-0.2, 0) is 0 Å². The molecule has 1 saturated heterocycles. The first-order valence-electron chi connectivity index (χ1n) is 9.62. The zero-order valence-electron chi connectivity index (χ0n) is 16.1. The number of benzene rings is 1. The standard InChI is InChI=1S/C21H22FN5O2/c1-14-6-7-15(12-29-19-9-8-16(22)10-23-19)11-27(14)21(28)18-5-3-2-4-17(18)20-24-13-25-26-20/h2-5,8-10,13-15H,6-7,11-12H2,1H3,(H,24,25,26)/t14-,15-/m1/s1. The van der Waals surface area contributed by atoms with Crippen LogP contribution in [0.1, 0.15) is 30.1 Å². The molecule has 8 heteroatoms. The SMILES string of the molecule is C[C@@H]1CC[C@@H](COc2ccc(F)cn2)CN1C(=O)c1ccccc1-c1ncn[nH]1. The van der Waals surface area contributed by atoms with Crippen LogP contribution in [0, 0.1) is 11.7 Å². The van der Waals surface area contributed by atoms with Gasteiger partial charge in [-0.3, -0.25) is 9.89 Å². The Balaban J connectivity index is 1.47. The van der Waals surface area contributed by atoms with Crippen LogP contribution in [0.25, 0.3) is 11.4 Å². The molecular formula is C21H22FN5O2. The number of carbonyl (C=O) groups is 1. The number of nitrogens with zero attached hydrogens (tertiary/aromatic N) is 4. The maximum Gasteiger partial charge on any atom is 0.254 e. The highest BCUT2D eigenvalue weighted by atomic mass is 19.1. The molecule has 1 aliphatic heterocycles. The second-order valence-electron chi connectivity index (χ2n) is 7.26. The number of H-pyrrole nitrogens is 1. The molecule has 0 saturated carbocycles. The first-order valence-corrected chi connectivity index (χ1v) is 9.62. The number of aromatic nitrogens is 4. The number of hydrogen-bond acceptors (Lipinski definition) is 5. The predicted molar refractivity (Wildman–Crippen MR) is 105 cm³/mol. The highest BCUT2D eigenvalue weighted by Crippen LogP contribution is 2.27. The van der Waals surface area contributed by atoms with Crippen molar-refractivity contribution < 1.29 is 13.9 Å². The summed E-state index contributed by atoms with van der Waals surface area (Å²) in [5, 5.41) is 6.72. The third-order valence-electron chi connectivity index (χ3n) is 5.24. The number of rotatable bonds is 5. The van der Waals surface area contributed by atoms with Crippen LogP contribution in [0.15, 0.2) is 48.9 Å². The van der Waals surface area contributed by atoms with Crippen LogP contribution in [-0.4, -0.2) is 50.2 Å². The van der Waals surface area contributed by atoms with Gasteiger partial charge in [-0.25, -0.2) is 14.4 Å². The average molecular weight is 395 g/mol. The predicted octanol–water partition coefficient (Wildman–Crippen LogP) is 3.33. The lowest BCUT2D eigenvalue weighted by molar-refractivity contribution is 0.0503. The molecule has 7 nitrogen and oxygen atoms in total. The normalized spacial score (nSPS) is 19.2. The van der Waals surface area contributed by atoms with Gasteiger partial charge in [-0.1, -0.05) is 18.2 Å². The van der Waals surface area contributed by atoms with Crippen molar-refractivity contribution in [2.45, 2.75) is 25.8 Å². The minimum atomic E-state index is -0.397. The van der Waals surface area contributed by atoms with E-state index in [1.54, 1.807) is 0 Å². The maximum absolute atomic E-state index is 13.4. The van der Waals surface area contributed by atoms with Crippen LogP contribution in [0.2, 0.25) is 0 Å². The van der Waals surface area contributed by atoms with Gasteiger partial charge in [0.15, 0.2) is 5.82 Å². The summed E-state index contributed by atoms with van der Waals surface area (Å²) in [6.07, 6.45) is 4.41. The number of amides is 1. The van der Waals surface area contributed by atoms with Gasteiger partial charge in [0.25, 0.3) is 5.91 Å². The zero-order valence-corrected chi connectivity index (χ0v) is 16.1. The van der Waals surface area contributed by atoms with Gasteiger partial charge in [0, 0.05) is 30.1 Å². The Bertz CT molecular complexity index is 961. The monoisotopic (exact) mass is 395 g/mol. The number of carbonyl (C=O) groups excluding carboxylic acids is 1. The Morgan fingerprint density at radius 2 is 2.10 bits per heavy atom. The smallest absolute Gasteiger partial charge is 0.254 e. The summed E-state index contributed by atoms with van der Waals surface area (Å²) >= 11 is 0. The van der Waals surface area contributed by atoms with E-state index in [0.29, 0.717) is 30.4 Å². The van der Waals surface area contributed by atoms with E-state index in [1.165, 1.54) is 18.5 Å². The highest BCUT2D eigenvalue weighted by molar-refractivity contribution is 6.00. The van der Waals surface area contributed by atoms with E-state index in [-0.39, 0.29) is 17.9 Å². The van der Waals surface area contributed by atoms with Crippen molar-refractivity contribution in [3.63, 3.8) is 0 Å². The van der Waals surface area contributed by atoms with Gasteiger partial charge in [0.2, 0.25) is 5.88 Å². The molecule has 0 unspecified atom stereocenters. The second-order valence-corrected chi connectivity index (χ2v) is 7.26. The van der Waals surface area contributed by atoms with Crippen LogP contribution < -0.4 is 4.74 Å². The van der Waals surface area contributed by atoms with E-state index in [0.717, 1.165) is 24.6 Å². The first-order chi connectivity index (χ1) is 14.1. The molecule has 0 aliphatic carbocycles. The number of ether oxygens (including phenoxy) is 1. The molecule has 3 aromatic rings. The molecule has 0 radical (unpaired) electrons. The summed E-state index contributed by atoms with van der Waals surface area (Å²) in [5.74, 6) is 0.707. The molecule has 0 bridgehead atoms. The highest BCUT2D eigenvalue weighted by Gasteiger charge is 2.31. The number of halogens is 1. The van der Waals surface area contributed by atoms with E-state index in [4.69, 9.17) is 4.74 Å². The molecule has 4 rings (SSSR count). The Labute approximate surface area is 167 Å². The van der Waals surface area contributed by atoms with Gasteiger partial charge < -0.3 is 9.64 Å². The van der Waals surface area contributed by atoms with Gasteiger partial charge in [-0.15, -0.1) is 0 Å². The summed E-state index contributed by atoms with van der Waals surface area (Å²) in [6.45, 7) is 3.08. The van der Waals surface area contributed by atoms with Crippen molar-refractivity contribution in [2.24, 2.45) is 5.92 Å². The zero-order chi connectivity index (χ0) is 20.2. The van der Waals surface area contributed by atoms with Crippen molar-refractivity contribution in [3.05, 3.63) is 60.3 Å². The molecule has 1 fully saturated rings. The average Bonchev–Trinajstić information content (AvgIpc) is 3.28. The third kappa shape index (κ3) is 4.26. The summed E-state index contributed by atoms with van der Waals surface area (Å²) in [5.41, 5.74) is 1.33. The van der Waals surface area contributed by atoms with E-state index in [9.17, 15) is 9.18 Å². The number of hydrogen-bond donors (Lipinski definition) is 1. The van der Waals surface area contributed by atoms with Gasteiger partial charge in [0.1, 0.15) is 12.1 Å². The maximum atomic E-state index is 13.4. The van der Waals surface area contributed by atoms with Crippen molar-refractivity contribution >= 4 is 5.91 Å². The molecule has 2 atom stereocenters. The number of aromatic amines is 1. The molecule has 1 amide bonds. The van der Waals surface area contributed by atoms with Gasteiger partial charge in [0.05, 0.1) is 18.4 Å². The molecule has 0 spiro atoms. The van der Waals surface area contributed by atoms with E-state index < -0.39 is 5.82 Å². The minimum absolute atomic E-state index is 0.0332.